The summed E-state index contributed by atoms with van der Waals surface area (Å²) in [5.74, 6) is -3.68. The molecule has 5 rings (SSSR count). The van der Waals surface area contributed by atoms with E-state index in [1.54, 1.807) is 60.7 Å². The lowest BCUT2D eigenvalue weighted by molar-refractivity contribution is -0.300. The van der Waals surface area contributed by atoms with E-state index < -0.39 is 173 Å². The van der Waals surface area contributed by atoms with Crippen LogP contribution in [0, 0.1) is 0 Å². The van der Waals surface area contributed by atoms with E-state index in [2.05, 4.69) is 26.6 Å². The fourth-order valence-corrected chi connectivity index (χ4v) is 9.09. The molecule has 86 heavy (non-hydrogen) atoms. The van der Waals surface area contributed by atoms with Gasteiger partial charge in [0.15, 0.2) is 18.9 Å². The number of rotatable bonds is 35. The number of hydrogen-bond acceptors (Lipinski definition) is 27. The molecule has 2 aromatic carbocycles. The molecule has 0 aliphatic carbocycles. The molecule has 0 aromatic heterocycles. The summed E-state index contributed by atoms with van der Waals surface area (Å²) in [6.45, 7) is -5.67. The maximum Gasteiger partial charge on any atom is 0.408 e. The highest BCUT2D eigenvalue weighted by atomic mass is 16.7. The van der Waals surface area contributed by atoms with Gasteiger partial charge in [-0.05, 0) is 36.8 Å². The minimum atomic E-state index is -1.76. The van der Waals surface area contributed by atoms with Crippen LogP contribution in [-0.4, -0.2) is 285 Å². The van der Waals surface area contributed by atoms with Gasteiger partial charge >= 0.3 is 12.1 Å². The van der Waals surface area contributed by atoms with Gasteiger partial charge in [-0.25, -0.2) is 9.59 Å². The number of nitrogens with zero attached hydrogens (tertiary/aromatic N) is 1. The van der Waals surface area contributed by atoms with Gasteiger partial charge in [-0.2, -0.15) is 0 Å². The highest BCUT2D eigenvalue weighted by Crippen LogP contribution is 2.24. The maximum absolute atomic E-state index is 14.3. The number of aliphatic hydroxyl groups excluding tert-OH is 12. The van der Waals surface area contributed by atoms with Crippen molar-refractivity contribution >= 4 is 35.7 Å². The summed E-state index contributed by atoms with van der Waals surface area (Å²) in [6.07, 6.45) is -25.1. The molecule has 0 unspecified atom stereocenters. The number of amides is 5. The number of carbonyl (C=O) groups is 6. The Labute approximate surface area is 494 Å². The zero-order valence-electron chi connectivity index (χ0n) is 47.1. The first kappa shape index (κ1) is 71.1. The molecule has 17 N–H and O–H groups in total. The number of esters is 1. The largest absolute Gasteiger partial charge is 0.459 e. The van der Waals surface area contributed by atoms with Crippen LogP contribution in [0.25, 0.3) is 0 Å². The van der Waals surface area contributed by atoms with Gasteiger partial charge in [-0.3, -0.25) is 24.1 Å². The first-order valence-electron chi connectivity index (χ1n) is 28.0. The molecule has 5 amide bonds. The third-order valence-electron chi connectivity index (χ3n) is 14.0. The van der Waals surface area contributed by atoms with E-state index in [1.165, 1.54) is 4.90 Å². The maximum atomic E-state index is 14.3. The van der Waals surface area contributed by atoms with Crippen LogP contribution in [-0.2, 0) is 75.1 Å². The van der Waals surface area contributed by atoms with Crippen LogP contribution in [0.4, 0.5) is 4.79 Å². The molecule has 0 spiro atoms. The van der Waals surface area contributed by atoms with Crippen molar-refractivity contribution in [3.63, 3.8) is 0 Å². The summed E-state index contributed by atoms with van der Waals surface area (Å²) < 4.78 is 43.3. The highest BCUT2D eigenvalue weighted by molar-refractivity contribution is 5.86. The standard InChI is InChI=1S/C54H82N6O26/c61-25-34-40(67)43(70)46(73)51(84-34)79-20-17-56-38(65)23-60(24-39(66)57-18-21-80-52-47(74)44(71)41(68)35(26-62)85-52)33(49(76)58-19-22-81-53-48(75)45(72)42(69)36(27-63)86-53)13-7-8-16-55-37(64)15-14-32(50(77)82-28-30-9-3-1-4-10-30)59-54(78)83-29-31-11-5-2-6-12-31/h1-6,9-12,32-36,40-48,51-53,61-63,67-75H,7-8,13-29H2,(H,55,64)(H,56,65)(H,57,66)(H,58,76)(H,59,78)/t32-,33-,34+,35+,36+,40+,41+,42+,43-,44-,45-,46-,47-,48-,51-,52-,53-/m0/s1. The molecular formula is C54H82N6O26. The van der Waals surface area contributed by atoms with Crippen molar-refractivity contribution in [2.45, 2.75) is 150 Å². The van der Waals surface area contributed by atoms with E-state index in [4.69, 9.17) is 37.9 Å². The van der Waals surface area contributed by atoms with Crippen LogP contribution in [0.2, 0.25) is 0 Å². The second-order valence-electron chi connectivity index (χ2n) is 20.4. The van der Waals surface area contributed by atoms with E-state index in [1.807, 2.05) is 0 Å². The Morgan fingerprint density at radius 3 is 1.31 bits per heavy atom. The predicted octanol–water partition coefficient (Wildman–Crippen LogP) is -7.44. The molecule has 3 heterocycles. The fraction of sp³-hybridized carbons (Fsp3) is 0.667. The first-order valence-corrected chi connectivity index (χ1v) is 28.0. The molecule has 3 saturated heterocycles. The summed E-state index contributed by atoms with van der Waals surface area (Å²) in [6, 6.07) is 14.9. The van der Waals surface area contributed by atoms with Crippen molar-refractivity contribution in [1.82, 2.24) is 31.5 Å². The number of aliphatic hydroxyl groups is 12. The molecule has 17 atom stereocenters. The average Bonchev–Trinajstić information content (AvgIpc) is 2.76. The molecular weight excluding hydrogens is 1150 g/mol. The van der Waals surface area contributed by atoms with Gasteiger partial charge in [0, 0.05) is 32.6 Å². The minimum Gasteiger partial charge on any atom is -0.459 e. The summed E-state index contributed by atoms with van der Waals surface area (Å²) in [5.41, 5.74) is 1.36. The van der Waals surface area contributed by atoms with Crippen molar-refractivity contribution in [2.24, 2.45) is 0 Å². The molecule has 3 fully saturated rings. The molecule has 0 saturated carbocycles. The zero-order valence-corrected chi connectivity index (χ0v) is 47.1. The van der Waals surface area contributed by atoms with Gasteiger partial charge < -0.3 is 126 Å². The quantitative estimate of drug-likeness (QED) is 0.0225. The summed E-state index contributed by atoms with van der Waals surface area (Å²) in [4.78, 5) is 82.1. The number of nitrogens with one attached hydrogen (secondary N) is 5. The third-order valence-corrected chi connectivity index (χ3v) is 14.0. The van der Waals surface area contributed by atoms with Crippen LogP contribution in [0.15, 0.2) is 60.7 Å². The van der Waals surface area contributed by atoms with Crippen LogP contribution in [0.1, 0.15) is 43.2 Å². The molecule has 3 aliphatic heterocycles. The Hall–Kier alpha value is -5.70. The van der Waals surface area contributed by atoms with Gasteiger partial charge in [-0.15, -0.1) is 0 Å². The smallest absolute Gasteiger partial charge is 0.408 e. The van der Waals surface area contributed by atoms with Gasteiger partial charge in [0.25, 0.3) is 0 Å². The van der Waals surface area contributed by atoms with Crippen LogP contribution >= 0.6 is 0 Å². The first-order chi connectivity index (χ1) is 41.3. The molecule has 484 valence electrons. The fourth-order valence-electron chi connectivity index (χ4n) is 9.09. The number of ether oxygens (including phenoxy) is 8. The second-order valence-corrected chi connectivity index (χ2v) is 20.4. The second kappa shape index (κ2) is 37.2. The average molecular weight is 1230 g/mol. The van der Waals surface area contributed by atoms with E-state index >= 15 is 0 Å². The number of hydrogen-bond donors (Lipinski definition) is 17. The van der Waals surface area contributed by atoms with Crippen molar-refractivity contribution in [2.75, 3.05) is 78.9 Å². The van der Waals surface area contributed by atoms with Gasteiger partial charge in [0.05, 0.1) is 58.8 Å². The number of unbranched alkanes of at least 4 members (excludes halogenated alkanes) is 1. The van der Waals surface area contributed by atoms with Crippen molar-refractivity contribution in [3.8, 4) is 0 Å². The van der Waals surface area contributed by atoms with Crippen molar-refractivity contribution in [1.29, 1.82) is 0 Å². The lowest BCUT2D eigenvalue weighted by Gasteiger charge is -2.39. The van der Waals surface area contributed by atoms with Gasteiger partial charge in [0.2, 0.25) is 23.6 Å². The van der Waals surface area contributed by atoms with Crippen molar-refractivity contribution in [3.05, 3.63) is 71.8 Å². The SMILES string of the molecule is O=C(CC[C@H](NC(=O)OCc1ccccc1)C(=O)OCc1ccccc1)NCCCC[C@@H](C(=O)NCCO[C@H]1O[C@H](CO)[C@@H](O)[C@H](O)[C@@H]1O)N(CC(=O)NCCO[C@H]1O[C@H](CO)[C@@H](O)[C@H](O)[C@@H]1O)CC(=O)NCCO[C@H]1O[C@H](CO)[C@@H](O)[C@H](O)[C@@H]1O. The molecule has 3 aliphatic rings. The van der Waals surface area contributed by atoms with Crippen LogP contribution in [0.3, 0.4) is 0 Å². The van der Waals surface area contributed by atoms with Gasteiger partial charge in [-0.1, -0.05) is 60.7 Å². The predicted molar refractivity (Wildman–Crippen MR) is 289 cm³/mol. The topological polar surface area (TPSA) is 482 Å². The molecule has 0 bridgehead atoms. The Balaban J connectivity index is 1.25. The van der Waals surface area contributed by atoms with E-state index in [9.17, 15) is 90.0 Å². The van der Waals surface area contributed by atoms with Crippen LogP contribution in [0.5, 0.6) is 0 Å². The van der Waals surface area contributed by atoms with E-state index in [-0.39, 0.29) is 91.3 Å². The summed E-state index contributed by atoms with van der Waals surface area (Å²) >= 11 is 0. The monoisotopic (exact) mass is 1230 g/mol. The lowest BCUT2D eigenvalue weighted by Crippen LogP contribution is -2.59. The molecule has 32 nitrogen and oxygen atoms in total. The normalized spacial score (nSPS) is 28.1. The number of carbonyl (C=O) groups excluding carboxylic acids is 6. The molecule has 2 aromatic rings. The van der Waals surface area contributed by atoms with Crippen molar-refractivity contribution < 1.29 is 128 Å². The third kappa shape index (κ3) is 22.5. The van der Waals surface area contributed by atoms with E-state index in [0.717, 1.165) is 0 Å². The summed E-state index contributed by atoms with van der Waals surface area (Å²) in [5, 5.41) is 134. The Morgan fingerprint density at radius 1 is 0.477 bits per heavy atom. The lowest BCUT2D eigenvalue weighted by atomic mass is 9.99. The van der Waals surface area contributed by atoms with Gasteiger partial charge in [0.1, 0.15) is 92.5 Å². The Bertz CT molecular complexity index is 2290. The Kier molecular flexibility index (Phi) is 30.7. The van der Waals surface area contributed by atoms with E-state index in [0.29, 0.717) is 11.1 Å². The molecule has 32 heteroatoms. The highest BCUT2D eigenvalue weighted by Gasteiger charge is 2.46. The van der Waals surface area contributed by atoms with Crippen LogP contribution < -0.4 is 26.6 Å². The number of benzene rings is 2. The minimum absolute atomic E-state index is 0.0135. The Morgan fingerprint density at radius 2 is 0.884 bits per heavy atom. The number of alkyl carbamates (subject to hydrolysis) is 1. The summed E-state index contributed by atoms with van der Waals surface area (Å²) in [7, 11) is 0. The zero-order chi connectivity index (χ0) is 62.7. The molecule has 0 radical (unpaired) electrons.